The number of carboxylic acid groups (broad SMARTS) is 1. The quantitative estimate of drug-likeness (QED) is 0.329. The maximum absolute atomic E-state index is 10.6. The van der Waals surface area contributed by atoms with Crippen molar-refractivity contribution in [3.8, 4) is 5.75 Å². The number of hydrogen-bond acceptors (Lipinski definition) is 3. The molecule has 0 saturated carbocycles. The van der Waals surface area contributed by atoms with E-state index < -0.39 is 11.9 Å². The molecule has 0 heterocycles. The minimum atomic E-state index is -1.11. The van der Waals surface area contributed by atoms with Gasteiger partial charge in [0.15, 0.2) is 0 Å². The molecule has 0 saturated heterocycles. The largest absolute Gasteiger partial charge is 1.00 e. The molecule has 0 aliphatic rings. The molecule has 1 aromatic carbocycles. The molecular weight excluding hydrogens is 257 g/mol. The fourth-order valence-corrected chi connectivity index (χ4v) is 0.887. The van der Waals surface area contributed by atoms with Crippen LogP contribution >= 0.6 is 0 Å². The van der Waals surface area contributed by atoms with Gasteiger partial charge in [-0.15, -0.1) is 0 Å². The van der Waals surface area contributed by atoms with Gasteiger partial charge in [-0.3, -0.25) is 4.79 Å². The first-order valence-corrected chi connectivity index (χ1v) is 3.62. The average molecular weight is 268 g/mol. The van der Waals surface area contributed by atoms with Gasteiger partial charge in [0.2, 0.25) is 0 Å². The summed E-state index contributed by atoms with van der Waals surface area (Å²) in [5.74, 6) is -1.58. The summed E-state index contributed by atoms with van der Waals surface area (Å²) in [4.78, 5) is 21.2. The Morgan fingerprint density at radius 1 is 1.25 bits per heavy atom. The Labute approximate surface area is 185 Å². The molecule has 7 heteroatoms. The third-order valence-electron chi connectivity index (χ3n) is 1.37. The van der Waals surface area contributed by atoms with E-state index in [1.54, 1.807) is 12.1 Å². The third-order valence-corrected chi connectivity index (χ3v) is 1.37. The van der Waals surface area contributed by atoms with Gasteiger partial charge in [-0.2, -0.15) is 0 Å². The number of para-hydroxylation sites is 1. The van der Waals surface area contributed by atoms with Gasteiger partial charge >= 0.3 is 122 Å². The number of benzene rings is 1. The Kier molecular flexibility index (Phi) is 17.0. The van der Waals surface area contributed by atoms with E-state index in [0.29, 0.717) is 0 Å². The van der Waals surface area contributed by atoms with Crippen LogP contribution in [0.15, 0.2) is 24.3 Å². The zero-order valence-corrected chi connectivity index (χ0v) is 17.1. The summed E-state index contributed by atoms with van der Waals surface area (Å²) in [5.41, 5.74) is -0.0160. The van der Waals surface area contributed by atoms with Crippen molar-refractivity contribution in [2.24, 2.45) is 0 Å². The van der Waals surface area contributed by atoms with Gasteiger partial charge in [-0.05, 0) is 12.1 Å². The van der Waals surface area contributed by atoms with Crippen molar-refractivity contribution in [2.45, 2.75) is 6.92 Å². The number of rotatable bonds is 2. The van der Waals surface area contributed by atoms with Crippen LogP contribution < -0.4 is 115 Å². The van der Waals surface area contributed by atoms with E-state index in [1.807, 2.05) is 0 Å². The van der Waals surface area contributed by atoms with Gasteiger partial charge in [0.25, 0.3) is 0 Å². The van der Waals surface area contributed by atoms with Crippen molar-refractivity contribution in [3.05, 3.63) is 29.8 Å². The van der Waals surface area contributed by atoms with Gasteiger partial charge in [0, 0.05) is 6.92 Å². The molecule has 0 spiro atoms. The van der Waals surface area contributed by atoms with E-state index in [0.717, 1.165) is 0 Å². The van der Waals surface area contributed by atoms with Gasteiger partial charge in [-0.1, -0.05) is 12.1 Å². The van der Waals surface area contributed by atoms with Gasteiger partial charge in [-0.25, -0.2) is 4.79 Å². The molecule has 0 aliphatic heterocycles. The molecule has 0 atom stereocenters. The smallest absolute Gasteiger partial charge is 1.00 e. The van der Waals surface area contributed by atoms with Crippen molar-refractivity contribution in [1.29, 1.82) is 0 Å². The number of ether oxygens (including phenoxy) is 1. The fourth-order valence-electron chi connectivity index (χ4n) is 0.887. The van der Waals surface area contributed by atoms with Crippen molar-refractivity contribution in [1.82, 2.24) is 0 Å². The van der Waals surface area contributed by atoms with Crippen molar-refractivity contribution in [3.63, 3.8) is 0 Å². The molecule has 0 amide bonds. The van der Waals surface area contributed by atoms with E-state index in [4.69, 9.17) is 5.11 Å². The van der Waals surface area contributed by atoms with Crippen molar-refractivity contribution < 1.29 is 134 Å². The summed E-state index contributed by atoms with van der Waals surface area (Å²) in [6.45, 7) is 1.22. The normalized spacial score (nSPS) is 7.56. The van der Waals surface area contributed by atoms with E-state index in [9.17, 15) is 9.59 Å². The average Bonchev–Trinajstić information content (AvgIpc) is 2.03. The Morgan fingerprint density at radius 3 is 2.19 bits per heavy atom. The molecule has 0 fully saturated rings. The first-order chi connectivity index (χ1) is 6.11. The molecule has 1 aromatic rings. The molecule has 0 unspecified atom stereocenters. The monoisotopic (exact) mass is 268 g/mol. The molecule has 16 heavy (non-hydrogen) atoms. The Hall–Kier alpha value is 1.80. The number of aromatic carboxylic acids is 1. The van der Waals surface area contributed by atoms with Gasteiger partial charge in [0.1, 0.15) is 11.3 Å². The maximum atomic E-state index is 10.6. The van der Waals surface area contributed by atoms with Crippen LogP contribution in [0.1, 0.15) is 21.6 Å². The number of esters is 1. The summed E-state index contributed by atoms with van der Waals surface area (Å²) in [6, 6.07) is 5.98. The van der Waals surface area contributed by atoms with Crippen LogP contribution in [0.4, 0.5) is 0 Å². The molecule has 0 aliphatic carbocycles. The molecule has 0 aromatic heterocycles. The summed E-state index contributed by atoms with van der Waals surface area (Å²) < 4.78 is 4.69. The van der Waals surface area contributed by atoms with Crippen LogP contribution in [0.25, 0.3) is 0 Å². The van der Waals surface area contributed by atoms with Crippen LogP contribution in [-0.2, 0) is 4.79 Å². The van der Waals surface area contributed by atoms with E-state index in [-0.39, 0.29) is 126 Å². The maximum Gasteiger partial charge on any atom is 1.00 e. The summed E-state index contributed by atoms with van der Waals surface area (Å²) in [7, 11) is 0. The van der Waals surface area contributed by atoms with Crippen LogP contribution in [0, 0.1) is 0 Å². The van der Waals surface area contributed by atoms with Crippen LogP contribution in [0.2, 0.25) is 0 Å². The van der Waals surface area contributed by atoms with Crippen molar-refractivity contribution >= 4 is 11.9 Å². The number of hydrogen-bond donors (Lipinski definition) is 1. The summed E-state index contributed by atoms with van der Waals surface area (Å²) >= 11 is 0. The first-order valence-electron chi connectivity index (χ1n) is 3.62. The van der Waals surface area contributed by atoms with Gasteiger partial charge in [0.05, 0.1) is 0 Å². The minimum absolute atomic E-state index is 0. The van der Waals surface area contributed by atoms with Crippen molar-refractivity contribution in [2.75, 3.05) is 0 Å². The molecule has 4 nitrogen and oxygen atoms in total. The second-order valence-corrected chi connectivity index (χ2v) is 2.39. The summed E-state index contributed by atoms with van der Waals surface area (Å²) in [6.07, 6.45) is 0. The molecule has 0 bridgehead atoms. The number of carbonyl (C=O) groups is 2. The molecule has 74 valence electrons. The van der Waals surface area contributed by atoms with Crippen LogP contribution in [0.5, 0.6) is 5.75 Å². The number of carbonyl (C=O) groups excluding carboxylic acids is 1. The van der Waals surface area contributed by atoms with Crippen LogP contribution in [-0.4, -0.2) is 17.0 Å². The second-order valence-electron chi connectivity index (χ2n) is 2.39. The Bertz CT molecular complexity index is 369. The zero-order valence-electron chi connectivity index (χ0n) is 13.0. The molecule has 1 N–H and O–H groups in total. The van der Waals surface area contributed by atoms with E-state index in [1.165, 1.54) is 19.1 Å². The minimum Gasteiger partial charge on any atom is -1.00 e. The first kappa shape index (κ1) is 22.9. The molecular formula is C9H11KNa2O4. The third kappa shape index (κ3) is 8.00. The molecule has 0 radical (unpaired) electrons. The topological polar surface area (TPSA) is 63.6 Å². The second kappa shape index (κ2) is 11.9. The van der Waals surface area contributed by atoms with Gasteiger partial charge < -0.3 is 14.1 Å². The van der Waals surface area contributed by atoms with E-state index in [2.05, 4.69) is 4.74 Å². The number of carboxylic acids is 1. The van der Waals surface area contributed by atoms with Crippen LogP contribution in [0.3, 0.4) is 0 Å². The fraction of sp³-hybridized carbons (Fsp3) is 0.111. The predicted molar refractivity (Wildman–Crippen MR) is 48.0 cm³/mol. The summed E-state index contributed by atoms with van der Waals surface area (Å²) in [5, 5.41) is 8.69. The zero-order chi connectivity index (χ0) is 9.84. The van der Waals surface area contributed by atoms with E-state index >= 15 is 0 Å². The Morgan fingerprint density at radius 2 is 1.75 bits per heavy atom. The standard InChI is InChI=1S/C9H8O4.K.2Na.3H/c1-6(10)13-8-5-3-2-4-7(8)9(11)12;;;;;;/h2-5H,1H3,(H,11,12);;;;;;/q;3*+1;3*-1. The Balaban J connectivity index is -0.0000000704. The predicted octanol–water partition coefficient (Wildman–Crippen LogP) is -7.34. The molecule has 1 rings (SSSR count). The SMILES string of the molecule is CC(=O)Oc1ccccc1C(=O)O.[H-].[H-].[H-].[K+].[Na+].[Na+].